The third-order valence-electron chi connectivity index (χ3n) is 3.37. The van der Waals surface area contributed by atoms with Crippen LogP contribution in [0.4, 0.5) is 5.69 Å². The monoisotopic (exact) mass is 306 g/mol. The van der Waals surface area contributed by atoms with Gasteiger partial charge in [0.2, 0.25) is 0 Å². The van der Waals surface area contributed by atoms with Gasteiger partial charge in [0.15, 0.2) is 0 Å². The van der Waals surface area contributed by atoms with Gasteiger partial charge in [-0.2, -0.15) is 0 Å². The van der Waals surface area contributed by atoms with E-state index in [2.05, 4.69) is 10.1 Å². The molecule has 0 unspecified atom stereocenters. The lowest BCUT2D eigenvalue weighted by Crippen LogP contribution is -2.31. The van der Waals surface area contributed by atoms with Gasteiger partial charge in [-0.3, -0.25) is 4.79 Å². The number of benzene rings is 1. The van der Waals surface area contributed by atoms with Crippen molar-refractivity contribution < 1.29 is 24.5 Å². The number of nitrogens with one attached hydrogen (secondary N) is 1. The predicted molar refractivity (Wildman–Crippen MR) is 79.2 cm³/mol. The number of carbonyl (C=O) groups excluding carboxylic acids is 2. The quantitative estimate of drug-likeness (QED) is 0.537. The molecule has 0 fully saturated rings. The van der Waals surface area contributed by atoms with Crippen molar-refractivity contribution in [2.45, 2.75) is 6.92 Å². The van der Waals surface area contributed by atoms with Crippen LogP contribution in [0, 0.1) is 6.92 Å². The highest BCUT2D eigenvalue weighted by atomic mass is 16.5. The largest absolute Gasteiger partial charge is 0.506 e. The Kier molecular flexibility index (Phi) is 4.67. The van der Waals surface area contributed by atoms with Crippen molar-refractivity contribution in [2.24, 2.45) is 0 Å². The van der Waals surface area contributed by atoms with Crippen LogP contribution < -0.4 is 5.32 Å². The maximum atomic E-state index is 12.3. The number of esters is 1. The number of aliphatic hydroxyl groups is 1. The van der Waals surface area contributed by atoms with E-state index < -0.39 is 11.9 Å². The molecule has 1 aromatic carbocycles. The summed E-state index contributed by atoms with van der Waals surface area (Å²) >= 11 is 0. The first kappa shape index (κ1) is 15.8. The Morgan fingerprint density at radius 1 is 1.45 bits per heavy atom. The van der Waals surface area contributed by atoms with E-state index in [0.29, 0.717) is 5.69 Å². The van der Waals surface area contributed by atoms with Crippen LogP contribution in [0.5, 0.6) is 5.75 Å². The number of ether oxygens (including phenoxy) is 1. The number of aryl methyl sites for hydroxylation is 1. The number of aliphatic hydroxyl groups excluding tert-OH is 1. The number of amides is 1. The number of phenolic OH excluding ortho intramolecular Hbond substituents is 1. The number of methoxy groups -OCH3 is 1. The summed E-state index contributed by atoms with van der Waals surface area (Å²) in [5.74, 6) is -1.07. The van der Waals surface area contributed by atoms with E-state index >= 15 is 0 Å². The molecular formula is C15H18N2O5. The van der Waals surface area contributed by atoms with E-state index in [9.17, 15) is 14.7 Å². The molecule has 1 amide bonds. The molecular weight excluding hydrogens is 288 g/mol. The number of anilines is 1. The molecule has 0 spiro atoms. The van der Waals surface area contributed by atoms with Crippen LogP contribution in [0.25, 0.3) is 0 Å². The van der Waals surface area contributed by atoms with Crippen molar-refractivity contribution in [2.75, 3.05) is 32.1 Å². The van der Waals surface area contributed by atoms with Crippen molar-refractivity contribution in [1.82, 2.24) is 4.90 Å². The second kappa shape index (κ2) is 6.48. The lowest BCUT2D eigenvalue weighted by Gasteiger charge is -2.15. The Labute approximate surface area is 127 Å². The molecule has 7 heteroatoms. The Bertz CT molecular complexity index is 639. The molecule has 1 aliphatic heterocycles. The maximum Gasteiger partial charge on any atom is 0.337 e. The summed E-state index contributed by atoms with van der Waals surface area (Å²) in [6.45, 7) is 1.79. The number of hydrogen-bond acceptors (Lipinski definition) is 6. The van der Waals surface area contributed by atoms with Crippen molar-refractivity contribution in [3.05, 3.63) is 35.0 Å². The minimum atomic E-state index is -0.622. The Balaban J connectivity index is 2.34. The van der Waals surface area contributed by atoms with Crippen LogP contribution in [0.1, 0.15) is 5.56 Å². The second-order valence-electron chi connectivity index (χ2n) is 4.94. The van der Waals surface area contributed by atoms with E-state index in [-0.39, 0.29) is 36.7 Å². The average molecular weight is 306 g/mol. The predicted octanol–water partition coefficient (Wildman–Crippen LogP) is 0.374. The summed E-state index contributed by atoms with van der Waals surface area (Å²) in [6.07, 6.45) is 0. The minimum Gasteiger partial charge on any atom is -0.506 e. The number of carbonyl (C=O) groups is 2. The molecule has 0 saturated heterocycles. The highest BCUT2D eigenvalue weighted by Crippen LogP contribution is 2.28. The summed E-state index contributed by atoms with van der Waals surface area (Å²) in [7, 11) is 1.23. The van der Waals surface area contributed by atoms with Gasteiger partial charge in [0.05, 0.1) is 31.5 Å². The summed E-state index contributed by atoms with van der Waals surface area (Å²) in [5, 5.41) is 21.7. The first-order chi connectivity index (χ1) is 10.5. The van der Waals surface area contributed by atoms with Crippen molar-refractivity contribution in [3.8, 4) is 5.75 Å². The summed E-state index contributed by atoms with van der Waals surface area (Å²) < 4.78 is 4.69. The zero-order chi connectivity index (χ0) is 16.3. The van der Waals surface area contributed by atoms with Crippen molar-refractivity contribution in [1.29, 1.82) is 0 Å². The molecule has 3 N–H and O–H groups in total. The van der Waals surface area contributed by atoms with Crippen LogP contribution in [0.3, 0.4) is 0 Å². The van der Waals surface area contributed by atoms with Gasteiger partial charge in [0, 0.05) is 6.54 Å². The molecule has 0 bridgehead atoms. The van der Waals surface area contributed by atoms with Gasteiger partial charge in [0.1, 0.15) is 11.4 Å². The Morgan fingerprint density at radius 3 is 2.77 bits per heavy atom. The van der Waals surface area contributed by atoms with Gasteiger partial charge in [-0.15, -0.1) is 0 Å². The molecule has 1 heterocycles. The maximum absolute atomic E-state index is 12.3. The standard InChI is InChI=1S/C15H18N2O5/c1-9-3-4-11(12(19)7-9)16-13-10(15(21)22-2)8-17(5-6-18)14(13)20/h3-4,7,16,18-19H,5-6,8H2,1-2H3. The van der Waals surface area contributed by atoms with Crippen LogP contribution in [0.15, 0.2) is 29.5 Å². The number of aromatic hydroxyl groups is 1. The van der Waals surface area contributed by atoms with E-state index in [1.165, 1.54) is 12.0 Å². The third kappa shape index (κ3) is 3.04. The summed E-state index contributed by atoms with van der Waals surface area (Å²) in [6, 6.07) is 4.94. The first-order valence-corrected chi connectivity index (χ1v) is 6.76. The average Bonchev–Trinajstić information content (AvgIpc) is 2.79. The molecule has 22 heavy (non-hydrogen) atoms. The fraction of sp³-hybridized carbons (Fsp3) is 0.333. The van der Waals surface area contributed by atoms with Gasteiger partial charge in [0.25, 0.3) is 5.91 Å². The van der Waals surface area contributed by atoms with Crippen molar-refractivity contribution in [3.63, 3.8) is 0 Å². The van der Waals surface area contributed by atoms with Gasteiger partial charge in [-0.05, 0) is 24.6 Å². The smallest absolute Gasteiger partial charge is 0.337 e. The molecule has 0 radical (unpaired) electrons. The summed E-state index contributed by atoms with van der Waals surface area (Å²) in [5.41, 5.74) is 1.41. The Hall–Kier alpha value is -2.54. The molecule has 0 aliphatic carbocycles. The molecule has 118 valence electrons. The lowest BCUT2D eigenvalue weighted by atomic mass is 10.2. The van der Waals surface area contributed by atoms with E-state index in [1.807, 2.05) is 6.92 Å². The van der Waals surface area contributed by atoms with Gasteiger partial charge >= 0.3 is 5.97 Å². The summed E-state index contributed by atoms with van der Waals surface area (Å²) in [4.78, 5) is 25.5. The third-order valence-corrected chi connectivity index (χ3v) is 3.37. The minimum absolute atomic E-state index is 0.0230. The van der Waals surface area contributed by atoms with Gasteiger partial charge in [-0.25, -0.2) is 4.79 Å². The number of phenols is 1. The highest BCUT2D eigenvalue weighted by molar-refractivity contribution is 6.08. The molecule has 0 atom stereocenters. The number of β-amino-alcohol motifs (C(OH)–C–C–N with tert-alkyl or cyclic N) is 1. The molecule has 7 nitrogen and oxygen atoms in total. The molecule has 2 rings (SSSR count). The van der Waals surface area contributed by atoms with E-state index in [1.54, 1.807) is 18.2 Å². The zero-order valence-corrected chi connectivity index (χ0v) is 12.4. The zero-order valence-electron chi connectivity index (χ0n) is 12.4. The molecule has 1 aliphatic rings. The van der Waals surface area contributed by atoms with Gasteiger partial charge in [-0.1, -0.05) is 6.07 Å². The van der Waals surface area contributed by atoms with Crippen LogP contribution >= 0.6 is 0 Å². The SMILES string of the molecule is COC(=O)C1=C(Nc2ccc(C)cc2O)C(=O)N(CCO)C1. The molecule has 0 aromatic heterocycles. The number of rotatable bonds is 5. The fourth-order valence-corrected chi connectivity index (χ4v) is 2.23. The normalized spacial score (nSPS) is 14.5. The van der Waals surface area contributed by atoms with E-state index in [4.69, 9.17) is 5.11 Å². The number of hydrogen-bond donors (Lipinski definition) is 3. The Morgan fingerprint density at radius 2 is 2.18 bits per heavy atom. The number of nitrogens with zero attached hydrogens (tertiary/aromatic N) is 1. The second-order valence-corrected chi connectivity index (χ2v) is 4.94. The van der Waals surface area contributed by atoms with Crippen molar-refractivity contribution >= 4 is 17.6 Å². The van der Waals surface area contributed by atoms with Crippen LogP contribution in [-0.2, 0) is 14.3 Å². The van der Waals surface area contributed by atoms with E-state index in [0.717, 1.165) is 5.56 Å². The topological polar surface area (TPSA) is 99.1 Å². The lowest BCUT2D eigenvalue weighted by molar-refractivity contribution is -0.136. The van der Waals surface area contributed by atoms with Gasteiger partial charge < -0.3 is 25.2 Å². The first-order valence-electron chi connectivity index (χ1n) is 6.76. The molecule has 1 aromatic rings. The highest BCUT2D eigenvalue weighted by Gasteiger charge is 2.34. The fourth-order valence-electron chi connectivity index (χ4n) is 2.23. The van der Waals surface area contributed by atoms with Crippen LogP contribution in [-0.4, -0.2) is 53.8 Å². The molecule has 0 saturated carbocycles. The van der Waals surface area contributed by atoms with Crippen LogP contribution in [0.2, 0.25) is 0 Å².